The van der Waals surface area contributed by atoms with Crippen LogP contribution in [0.5, 0.6) is 0 Å². The molecule has 2 atom stereocenters. The van der Waals surface area contributed by atoms with Crippen LogP contribution >= 0.6 is 0 Å². The van der Waals surface area contributed by atoms with Crippen LogP contribution in [0.25, 0.3) is 0 Å². The Morgan fingerprint density at radius 1 is 0.952 bits per heavy atom. The van der Waals surface area contributed by atoms with E-state index in [0.29, 0.717) is 11.5 Å². The van der Waals surface area contributed by atoms with Gasteiger partial charge in [-0.2, -0.15) is 0 Å². The van der Waals surface area contributed by atoms with Crippen molar-refractivity contribution in [3.05, 3.63) is 0 Å². The molecule has 2 heteroatoms. The zero-order chi connectivity index (χ0) is 15.3. The van der Waals surface area contributed by atoms with E-state index in [1.165, 1.54) is 70.9 Å². The topological polar surface area (TPSA) is 29.3 Å². The molecule has 0 aromatic rings. The Bertz CT molecular complexity index is 288. The number of nitrogens with zero attached hydrogens (tertiary/aromatic N) is 1. The van der Waals surface area contributed by atoms with Crippen LogP contribution in [0, 0.1) is 17.3 Å². The van der Waals surface area contributed by atoms with Gasteiger partial charge in [0.25, 0.3) is 0 Å². The van der Waals surface area contributed by atoms with Crippen molar-refractivity contribution in [1.29, 1.82) is 0 Å². The Morgan fingerprint density at radius 3 is 2.29 bits per heavy atom. The van der Waals surface area contributed by atoms with E-state index in [-0.39, 0.29) is 0 Å². The summed E-state index contributed by atoms with van der Waals surface area (Å²) in [6.07, 6.45) is 12.8. The van der Waals surface area contributed by atoms with E-state index < -0.39 is 0 Å². The highest BCUT2D eigenvalue weighted by Gasteiger charge is 2.30. The lowest BCUT2D eigenvalue weighted by Crippen LogP contribution is -2.42. The van der Waals surface area contributed by atoms with E-state index in [4.69, 9.17) is 5.73 Å². The maximum absolute atomic E-state index is 6.15. The molecule has 1 saturated carbocycles. The molecule has 0 aromatic carbocycles. The lowest BCUT2D eigenvalue weighted by Gasteiger charge is -2.34. The second-order valence-corrected chi connectivity index (χ2v) is 8.66. The van der Waals surface area contributed by atoms with Crippen molar-refractivity contribution >= 4 is 0 Å². The molecule has 2 fully saturated rings. The molecular formula is C19H38N2. The maximum Gasteiger partial charge on any atom is 0.0221 e. The standard InChI is InChI=1S/C19H38N2/c1-19(2,3)17-10-7-12-21(13-11-17)18(15-20)14-16-8-5-4-6-9-16/h16-18H,4-15,20H2,1-3H3. The Labute approximate surface area is 132 Å². The fourth-order valence-corrected chi connectivity index (χ4v) is 4.55. The summed E-state index contributed by atoms with van der Waals surface area (Å²) in [5.41, 5.74) is 6.62. The van der Waals surface area contributed by atoms with Gasteiger partial charge in [0, 0.05) is 12.6 Å². The summed E-state index contributed by atoms with van der Waals surface area (Å²) in [6, 6.07) is 0.645. The van der Waals surface area contributed by atoms with Crippen molar-refractivity contribution in [3.63, 3.8) is 0 Å². The summed E-state index contributed by atoms with van der Waals surface area (Å²) in [4.78, 5) is 2.74. The zero-order valence-electron chi connectivity index (χ0n) is 14.7. The van der Waals surface area contributed by atoms with E-state index in [1.807, 2.05) is 0 Å². The average molecular weight is 295 g/mol. The maximum atomic E-state index is 6.15. The van der Waals surface area contributed by atoms with Crippen LogP contribution in [-0.2, 0) is 0 Å². The van der Waals surface area contributed by atoms with Gasteiger partial charge in [0.15, 0.2) is 0 Å². The third-order valence-electron chi connectivity index (χ3n) is 6.11. The van der Waals surface area contributed by atoms with Crippen LogP contribution in [0.1, 0.15) is 78.6 Å². The van der Waals surface area contributed by atoms with Gasteiger partial charge >= 0.3 is 0 Å². The lowest BCUT2D eigenvalue weighted by atomic mass is 9.77. The van der Waals surface area contributed by atoms with E-state index >= 15 is 0 Å². The number of rotatable bonds is 4. The van der Waals surface area contributed by atoms with Crippen molar-refractivity contribution in [1.82, 2.24) is 4.90 Å². The molecule has 2 N–H and O–H groups in total. The molecule has 1 aliphatic carbocycles. The summed E-state index contributed by atoms with van der Waals surface area (Å²) >= 11 is 0. The highest BCUT2D eigenvalue weighted by atomic mass is 15.2. The minimum Gasteiger partial charge on any atom is -0.329 e. The van der Waals surface area contributed by atoms with Gasteiger partial charge in [-0.1, -0.05) is 52.9 Å². The van der Waals surface area contributed by atoms with Crippen molar-refractivity contribution in [2.75, 3.05) is 19.6 Å². The van der Waals surface area contributed by atoms with E-state index in [9.17, 15) is 0 Å². The summed E-state index contributed by atoms with van der Waals surface area (Å²) < 4.78 is 0. The van der Waals surface area contributed by atoms with Crippen LogP contribution in [0.4, 0.5) is 0 Å². The number of hydrogen-bond donors (Lipinski definition) is 1. The van der Waals surface area contributed by atoms with E-state index in [2.05, 4.69) is 25.7 Å². The van der Waals surface area contributed by atoms with Gasteiger partial charge in [-0.05, 0) is 56.0 Å². The van der Waals surface area contributed by atoms with Gasteiger partial charge in [-0.25, -0.2) is 0 Å². The molecule has 21 heavy (non-hydrogen) atoms. The summed E-state index contributed by atoms with van der Waals surface area (Å²) in [5.74, 6) is 1.84. The average Bonchev–Trinajstić information content (AvgIpc) is 2.71. The van der Waals surface area contributed by atoms with Gasteiger partial charge in [-0.15, -0.1) is 0 Å². The molecule has 1 aliphatic heterocycles. The van der Waals surface area contributed by atoms with Gasteiger partial charge < -0.3 is 5.73 Å². The minimum absolute atomic E-state index is 0.470. The second kappa shape index (κ2) is 7.97. The van der Waals surface area contributed by atoms with E-state index in [0.717, 1.165) is 18.4 Å². The predicted octanol–water partition coefficient (Wildman–Crippen LogP) is 4.43. The first-order valence-electron chi connectivity index (χ1n) is 9.45. The molecule has 124 valence electrons. The quantitative estimate of drug-likeness (QED) is 0.831. The Morgan fingerprint density at radius 2 is 1.67 bits per heavy atom. The molecule has 2 unspecified atom stereocenters. The second-order valence-electron chi connectivity index (χ2n) is 8.66. The highest BCUT2D eigenvalue weighted by molar-refractivity contribution is 4.83. The molecule has 0 bridgehead atoms. The van der Waals surface area contributed by atoms with Gasteiger partial charge in [-0.3, -0.25) is 4.90 Å². The molecule has 1 saturated heterocycles. The summed E-state index contributed by atoms with van der Waals surface area (Å²) in [6.45, 7) is 10.6. The molecule has 1 heterocycles. The molecule has 2 nitrogen and oxygen atoms in total. The normalized spacial score (nSPS) is 28.3. The Hall–Kier alpha value is -0.0800. The summed E-state index contributed by atoms with van der Waals surface area (Å²) in [7, 11) is 0. The SMILES string of the molecule is CC(C)(C)C1CCCN(C(CN)CC2CCCCC2)CC1. The van der Waals surface area contributed by atoms with Crippen molar-refractivity contribution in [2.45, 2.75) is 84.6 Å². The number of hydrogen-bond acceptors (Lipinski definition) is 2. The number of nitrogens with two attached hydrogens (primary N) is 1. The minimum atomic E-state index is 0.470. The van der Waals surface area contributed by atoms with Gasteiger partial charge in [0.05, 0.1) is 0 Å². The third-order valence-corrected chi connectivity index (χ3v) is 6.11. The van der Waals surface area contributed by atoms with Crippen LogP contribution in [0.2, 0.25) is 0 Å². The first kappa shape index (κ1) is 17.3. The highest BCUT2D eigenvalue weighted by Crippen LogP contribution is 2.35. The molecule has 2 aliphatic rings. The van der Waals surface area contributed by atoms with Gasteiger partial charge in [0.1, 0.15) is 0 Å². The Balaban J connectivity index is 1.86. The van der Waals surface area contributed by atoms with Crippen molar-refractivity contribution in [3.8, 4) is 0 Å². The van der Waals surface area contributed by atoms with E-state index in [1.54, 1.807) is 0 Å². The van der Waals surface area contributed by atoms with Crippen molar-refractivity contribution < 1.29 is 0 Å². The monoisotopic (exact) mass is 294 g/mol. The van der Waals surface area contributed by atoms with Crippen LogP contribution in [0.15, 0.2) is 0 Å². The number of likely N-dealkylation sites (tertiary alicyclic amines) is 1. The van der Waals surface area contributed by atoms with Crippen LogP contribution in [0.3, 0.4) is 0 Å². The fourth-order valence-electron chi connectivity index (χ4n) is 4.55. The van der Waals surface area contributed by atoms with Gasteiger partial charge in [0.2, 0.25) is 0 Å². The zero-order valence-corrected chi connectivity index (χ0v) is 14.7. The molecule has 0 radical (unpaired) electrons. The molecule has 0 aromatic heterocycles. The molecule has 0 spiro atoms. The Kier molecular flexibility index (Phi) is 6.55. The molecule has 0 amide bonds. The van der Waals surface area contributed by atoms with Crippen molar-refractivity contribution in [2.24, 2.45) is 23.0 Å². The summed E-state index contributed by atoms with van der Waals surface area (Å²) in [5, 5.41) is 0. The third kappa shape index (κ3) is 5.25. The lowest BCUT2D eigenvalue weighted by molar-refractivity contribution is 0.155. The largest absolute Gasteiger partial charge is 0.329 e. The van der Waals surface area contributed by atoms with Crippen LogP contribution in [-0.4, -0.2) is 30.6 Å². The first-order chi connectivity index (χ1) is 10.0. The molecule has 2 rings (SSSR count). The smallest absolute Gasteiger partial charge is 0.0221 e. The van der Waals surface area contributed by atoms with Crippen LogP contribution < -0.4 is 5.73 Å². The predicted molar refractivity (Wildman–Crippen MR) is 92.4 cm³/mol. The fraction of sp³-hybridized carbons (Fsp3) is 1.00. The molecular weight excluding hydrogens is 256 g/mol. The first-order valence-corrected chi connectivity index (χ1v) is 9.45.